The van der Waals surface area contributed by atoms with Crippen LogP contribution in [-0.2, 0) is 9.53 Å². The summed E-state index contributed by atoms with van der Waals surface area (Å²) in [6.45, 7) is 3.77. The highest BCUT2D eigenvalue weighted by Crippen LogP contribution is 2.29. The molecule has 1 saturated carbocycles. The fourth-order valence-electron chi connectivity index (χ4n) is 3.07. The number of nitrogens with zero attached hydrogens (tertiary/aromatic N) is 1. The van der Waals surface area contributed by atoms with E-state index < -0.39 is 29.1 Å². The first-order chi connectivity index (χ1) is 11.8. The van der Waals surface area contributed by atoms with E-state index in [-0.39, 0.29) is 16.6 Å². The maximum atomic E-state index is 12.0. The molecule has 8 heteroatoms. The fourth-order valence-corrected chi connectivity index (χ4v) is 3.24. The number of rotatable bonds is 5. The van der Waals surface area contributed by atoms with Crippen molar-refractivity contribution in [1.82, 2.24) is 5.32 Å². The van der Waals surface area contributed by atoms with Gasteiger partial charge < -0.3 is 10.1 Å². The number of esters is 1. The molecular formula is C17H21ClN2O5. The predicted molar refractivity (Wildman–Crippen MR) is 92.5 cm³/mol. The lowest BCUT2D eigenvalue weighted by Crippen LogP contribution is -2.45. The average Bonchev–Trinajstić information content (AvgIpc) is 2.56. The highest BCUT2D eigenvalue weighted by Gasteiger charge is 2.28. The lowest BCUT2D eigenvalue weighted by molar-refractivity contribution is -0.385. The van der Waals surface area contributed by atoms with Crippen molar-refractivity contribution < 1.29 is 19.2 Å². The second-order valence-corrected chi connectivity index (χ2v) is 6.87. The first kappa shape index (κ1) is 19.2. The summed E-state index contributed by atoms with van der Waals surface area (Å²) >= 11 is 5.71. The molecule has 136 valence electrons. The van der Waals surface area contributed by atoms with Crippen molar-refractivity contribution in [3.63, 3.8) is 0 Å². The number of hydrogen-bond acceptors (Lipinski definition) is 5. The molecule has 1 aliphatic carbocycles. The van der Waals surface area contributed by atoms with Gasteiger partial charge in [-0.15, -0.1) is 0 Å². The van der Waals surface area contributed by atoms with Crippen molar-refractivity contribution in [3.05, 3.63) is 38.9 Å². The number of benzene rings is 1. The molecule has 0 bridgehead atoms. The van der Waals surface area contributed by atoms with E-state index in [1.165, 1.54) is 12.1 Å². The summed E-state index contributed by atoms with van der Waals surface area (Å²) < 4.78 is 4.93. The molecule has 1 aromatic carbocycles. The van der Waals surface area contributed by atoms with Crippen LogP contribution in [0.2, 0.25) is 5.02 Å². The summed E-state index contributed by atoms with van der Waals surface area (Å²) in [5, 5.41) is 14.0. The van der Waals surface area contributed by atoms with Gasteiger partial charge in [0.05, 0.1) is 4.92 Å². The maximum absolute atomic E-state index is 12.0. The Kier molecular flexibility index (Phi) is 6.36. The lowest BCUT2D eigenvalue weighted by atomic mass is 9.78. The Balaban J connectivity index is 1.94. The molecular weight excluding hydrogens is 348 g/mol. The van der Waals surface area contributed by atoms with Gasteiger partial charge in [-0.25, -0.2) is 4.79 Å². The van der Waals surface area contributed by atoms with Crippen molar-refractivity contribution in [2.45, 2.75) is 39.2 Å². The molecule has 1 N–H and O–H groups in total. The standard InChI is InChI=1S/C17H21ClN2O5/c1-10-4-3-5-14(11(10)2)19-16(21)9-25-17(22)13-7-6-12(18)8-15(13)20(23)24/h6-8,10-11,14H,3-5,9H2,1-2H3,(H,19,21)/t10-,11+,14+/m0/s1. The lowest BCUT2D eigenvalue weighted by Gasteiger charge is -2.34. The molecule has 0 aliphatic heterocycles. The smallest absolute Gasteiger partial charge is 0.345 e. The molecule has 0 radical (unpaired) electrons. The fraction of sp³-hybridized carbons (Fsp3) is 0.529. The molecule has 25 heavy (non-hydrogen) atoms. The number of nitro benzene ring substituents is 1. The second kappa shape index (κ2) is 8.29. The third kappa shape index (κ3) is 4.92. The van der Waals surface area contributed by atoms with Crippen LogP contribution in [0.5, 0.6) is 0 Å². The van der Waals surface area contributed by atoms with Gasteiger partial charge >= 0.3 is 5.97 Å². The van der Waals surface area contributed by atoms with Crippen LogP contribution >= 0.6 is 11.6 Å². The monoisotopic (exact) mass is 368 g/mol. The van der Waals surface area contributed by atoms with Crippen LogP contribution in [0.3, 0.4) is 0 Å². The first-order valence-corrected chi connectivity index (χ1v) is 8.57. The summed E-state index contributed by atoms with van der Waals surface area (Å²) in [4.78, 5) is 34.4. The van der Waals surface area contributed by atoms with Gasteiger partial charge in [-0.2, -0.15) is 0 Å². The number of ether oxygens (including phenoxy) is 1. The number of nitro groups is 1. The molecule has 0 spiro atoms. The van der Waals surface area contributed by atoms with Crippen LogP contribution in [0.4, 0.5) is 5.69 Å². The summed E-state index contributed by atoms with van der Waals surface area (Å²) in [6.07, 6.45) is 3.09. The molecule has 7 nitrogen and oxygen atoms in total. The third-order valence-electron chi connectivity index (χ3n) is 4.76. The van der Waals surface area contributed by atoms with Gasteiger partial charge in [-0.1, -0.05) is 38.3 Å². The zero-order chi connectivity index (χ0) is 18.6. The Labute approximate surface area is 150 Å². The minimum absolute atomic E-state index is 0.0554. The number of halogens is 1. The zero-order valence-electron chi connectivity index (χ0n) is 14.2. The van der Waals surface area contributed by atoms with E-state index in [1.807, 2.05) is 0 Å². The van der Waals surface area contributed by atoms with Crippen LogP contribution in [0.15, 0.2) is 18.2 Å². The summed E-state index contributed by atoms with van der Waals surface area (Å²) in [7, 11) is 0. The van der Waals surface area contributed by atoms with Crippen molar-refractivity contribution in [3.8, 4) is 0 Å². The quantitative estimate of drug-likeness (QED) is 0.488. The summed E-state index contributed by atoms with van der Waals surface area (Å²) in [6, 6.07) is 3.70. The molecule has 1 fully saturated rings. The molecule has 2 rings (SSSR count). The van der Waals surface area contributed by atoms with Crippen LogP contribution in [0, 0.1) is 22.0 Å². The van der Waals surface area contributed by atoms with Crippen molar-refractivity contribution in [2.24, 2.45) is 11.8 Å². The molecule has 0 heterocycles. The molecule has 0 saturated heterocycles. The highest BCUT2D eigenvalue weighted by atomic mass is 35.5. The molecule has 0 unspecified atom stereocenters. The molecule has 3 atom stereocenters. The molecule has 1 aliphatic rings. The van der Waals surface area contributed by atoms with E-state index >= 15 is 0 Å². The van der Waals surface area contributed by atoms with E-state index in [0.717, 1.165) is 25.3 Å². The van der Waals surface area contributed by atoms with Gasteiger partial charge in [0, 0.05) is 17.1 Å². The topological polar surface area (TPSA) is 98.5 Å². The SMILES string of the molecule is C[C@@H]1[C@@H](C)CCC[C@H]1NC(=O)COC(=O)c1ccc(Cl)cc1[N+](=O)[O-]. The predicted octanol–water partition coefficient (Wildman–Crippen LogP) is 3.35. The van der Waals surface area contributed by atoms with Crippen molar-refractivity contribution >= 4 is 29.2 Å². The van der Waals surface area contributed by atoms with Gasteiger partial charge in [-0.05, 0) is 30.4 Å². The Bertz CT molecular complexity index is 679. The zero-order valence-corrected chi connectivity index (χ0v) is 14.9. The summed E-state index contributed by atoms with van der Waals surface area (Å²) in [5.41, 5.74) is -0.686. The number of carbonyl (C=O) groups is 2. The average molecular weight is 369 g/mol. The van der Waals surface area contributed by atoms with Crippen molar-refractivity contribution in [2.75, 3.05) is 6.61 Å². The number of nitrogens with one attached hydrogen (secondary N) is 1. The molecule has 0 aromatic heterocycles. The Morgan fingerprint density at radius 1 is 1.36 bits per heavy atom. The van der Waals surface area contributed by atoms with E-state index in [4.69, 9.17) is 16.3 Å². The Hall–Kier alpha value is -2.15. The van der Waals surface area contributed by atoms with Crippen molar-refractivity contribution in [1.29, 1.82) is 0 Å². The van der Waals surface area contributed by atoms with Crippen LogP contribution < -0.4 is 5.32 Å². The number of hydrogen-bond donors (Lipinski definition) is 1. The van der Waals surface area contributed by atoms with Gasteiger partial charge in [0.25, 0.3) is 11.6 Å². The van der Waals surface area contributed by atoms with Gasteiger partial charge in [0.15, 0.2) is 6.61 Å². The molecule has 1 aromatic rings. The number of carbonyl (C=O) groups excluding carboxylic acids is 2. The minimum atomic E-state index is -0.927. The maximum Gasteiger partial charge on any atom is 0.345 e. The molecule has 1 amide bonds. The van der Waals surface area contributed by atoms with Crippen LogP contribution in [0.1, 0.15) is 43.5 Å². The van der Waals surface area contributed by atoms with Crippen LogP contribution in [0.25, 0.3) is 0 Å². The third-order valence-corrected chi connectivity index (χ3v) is 5.00. The summed E-state index contributed by atoms with van der Waals surface area (Å²) in [5.74, 6) is -0.455. The Morgan fingerprint density at radius 2 is 2.08 bits per heavy atom. The van der Waals surface area contributed by atoms with Crippen LogP contribution in [-0.4, -0.2) is 29.4 Å². The van der Waals surface area contributed by atoms with Gasteiger partial charge in [0.1, 0.15) is 5.56 Å². The van der Waals surface area contributed by atoms with E-state index in [0.29, 0.717) is 11.8 Å². The van der Waals surface area contributed by atoms with E-state index in [2.05, 4.69) is 19.2 Å². The van der Waals surface area contributed by atoms with E-state index in [1.54, 1.807) is 0 Å². The largest absolute Gasteiger partial charge is 0.452 e. The number of amides is 1. The minimum Gasteiger partial charge on any atom is -0.452 e. The van der Waals surface area contributed by atoms with E-state index in [9.17, 15) is 19.7 Å². The first-order valence-electron chi connectivity index (χ1n) is 8.20. The second-order valence-electron chi connectivity index (χ2n) is 6.44. The Morgan fingerprint density at radius 3 is 2.76 bits per heavy atom. The highest BCUT2D eigenvalue weighted by molar-refractivity contribution is 6.31. The normalized spacial score (nSPS) is 22.9. The van der Waals surface area contributed by atoms with Gasteiger partial charge in [-0.3, -0.25) is 14.9 Å². The van der Waals surface area contributed by atoms with Gasteiger partial charge in [0.2, 0.25) is 0 Å².